The SMILES string of the molecule is NS(=O)(=O)c1ccc(-c2cnc3c(C(=O)O)ccc(C(=O)O)c3c2)cc1. The minimum atomic E-state index is -3.83. The number of carbonyl (C=O) groups is 2. The van der Waals surface area contributed by atoms with Gasteiger partial charge in [-0.25, -0.2) is 23.1 Å². The molecule has 0 amide bonds. The molecule has 2 aromatic carbocycles. The summed E-state index contributed by atoms with van der Waals surface area (Å²) in [5.41, 5.74) is 0.941. The summed E-state index contributed by atoms with van der Waals surface area (Å²) in [6.07, 6.45) is 1.40. The highest BCUT2D eigenvalue weighted by atomic mass is 32.2. The molecule has 132 valence electrons. The number of hydrogen-bond acceptors (Lipinski definition) is 5. The number of aromatic carboxylic acids is 2. The number of nitrogens with zero attached hydrogens (tertiary/aromatic N) is 1. The Morgan fingerprint density at radius 2 is 1.46 bits per heavy atom. The molecule has 0 fully saturated rings. The van der Waals surface area contributed by atoms with E-state index in [9.17, 15) is 28.2 Å². The minimum absolute atomic E-state index is 0.0577. The van der Waals surface area contributed by atoms with Crippen LogP contribution in [0.15, 0.2) is 53.6 Å². The van der Waals surface area contributed by atoms with Crippen LogP contribution in [0.4, 0.5) is 0 Å². The van der Waals surface area contributed by atoms with Gasteiger partial charge in [0.2, 0.25) is 10.0 Å². The highest BCUT2D eigenvalue weighted by Crippen LogP contribution is 2.28. The van der Waals surface area contributed by atoms with Crippen LogP contribution in [0.1, 0.15) is 20.7 Å². The molecule has 1 heterocycles. The monoisotopic (exact) mass is 372 g/mol. The fourth-order valence-electron chi connectivity index (χ4n) is 2.57. The molecule has 0 aliphatic rings. The van der Waals surface area contributed by atoms with Gasteiger partial charge < -0.3 is 10.2 Å². The van der Waals surface area contributed by atoms with E-state index >= 15 is 0 Å². The summed E-state index contributed by atoms with van der Waals surface area (Å²) in [7, 11) is -3.83. The third-order valence-corrected chi connectivity index (χ3v) is 4.76. The van der Waals surface area contributed by atoms with Crippen molar-refractivity contribution in [3.63, 3.8) is 0 Å². The number of pyridine rings is 1. The highest BCUT2D eigenvalue weighted by Gasteiger charge is 2.17. The van der Waals surface area contributed by atoms with Gasteiger partial charge in [-0.2, -0.15) is 0 Å². The largest absolute Gasteiger partial charge is 0.478 e. The third-order valence-electron chi connectivity index (χ3n) is 3.83. The van der Waals surface area contributed by atoms with Gasteiger partial charge in [0.15, 0.2) is 0 Å². The van der Waals surface area contributed by atoms with Crippen molar-refractivity contribution in [3.05, 3.63) is 59.8 Å². The second-order valence-electron chi connectivity index (χ2n) is 5.46. The molecule has 3 rings (SSSR count). The number of primary sulfonamides is 1. The Bertz CT molecular complexity index is 1150. The molecule has 0 spiro atoms. The van der Waals surface area contributed by atoms with E-state index in [4.69, 9.17) is 5.14 Å². The van der Waals surface area contributed by atoms with Crippen LogP contribution in [-0.2, 0) is 10.0 Å². The van der Waals surface area contributed by atoms with E-state index in [0.29, 0.717) is 11.1 Å². The number of nitrogens with two attached hydrogens (primary N) is 1. The predicted molar refractivity (Wildman–Crippen MR) is 92.5 cm³/mol. The summed E-state index contributed by atoms with van der Waals surface area (Å²) in [6, 6.07) is 9.56. The van der Waals surface area contributed by atoms with Gasteiger partial charge in [-0.3, -0.25) is 4.98 Å². The van der Waals surface area contributed by atoms with Gasteiger partial charge in [-0.1, -0.05) is 12.1 Å². The van der Waals surface area contributed by atoms with Gasteiger partial charge in [0, 0.05) is 17.1 Å². The summed E-state index contributed by atoms with van der Waals surface area (Å²) in [6.45, 7) is 0. The number of fused-ring (bicyclic) bond motifs is 1. The van der Waals surface area contributed by atoms with Crippen LogP contribution >= 0.6 is 0 Å². The highest BCUT2D eigenvalue weighted by molar-refractivity contribution is 7.89. The quantitative estimate of drug-likeness (QED) is 0.634. The normalized spacial score (nSPS) is 11.4. The molecule has 4 N–H and O–H groups in total. The number of carboxylic acid groups (broad SMARTS) is 2. The van der Waals surface area contributed by atoms with Crippen molar-refractivity contribution >= 4 is 32.9 Å². The smallest absolute Gasteiger partial charge is 0.337 e. The van der Waals surface area contributed by atoms with Gasteiger partial charge in [0.05, 0.1) is 21.5 Å². The Hall–Kier alpha value is -3.30. The van der Waals surface area contributed by atoms with Crippen LogP contribution in [0.3, 0.4) is 0 Å². The lowest BCUT2D eigenvalue weighted by atomic mass is 10.00. The second kappa shape index (κ2) is 6.21. The molecule has 0 bridgehead atoms. The maximum Gasteiger partial charge on any atom is 0.337 e. The fraction of sp³-hybridized carbons (Fsp3) is 0. The third kappa shape index (κ3) is 3.13. The number of carboxylic acids is 2. The Labute approximate surface area is 147 Å². The van der Waals surface area contributed by atoms with Crippen LogP contribution in [-0.4, -0.2) is 35.6 Å². The van der Waals surface area contributed by atoms with Crippen LogP contribution in [0, 0.1) is 0 Å². The lowest BCUT2D eigenvalue weighted by Crippen LogP contribution is -2.11. The maximum atomic E-state index is 11.4. The molecule has 1 aromatic heterocycles. The molecular formula is C17H12N2O6S. The number of benzene rings is 2. The summed E-state index contributed by atoms with van der Waals surface area (Å²) in [4.78, 5) is 26.8. The van der Waals surface area contributed by atoms with Crippen LogP contribution in [0.5, 0.6) is 0 Å². The molecule has 9 heteroatoms. The summed E-state index contributed by atoms with van der Waals surface area (Å²) >= 11 is 0. The molecule has 3 aromatic rings. The van der Waals surface area contributed by atoms with E-state index in [0.717, 1.165) is 0 Å². The summed E-state index contributed by atoms with van der Waals surface area (Å²) in [5.74, 6) is -2.43. The zero-order chi connectivity index (χ0) is 19.1. The molecule has 26 heavy (non-hydrogen) atoms. The molecule has 0 unspecified atom stereocenters. The zero-order valence-electron chi connectivity index (χ0n) is 13.1. The van der Waals surface area contributed by atoms with E-state index in [1.807, 2.05) is 0 Å². The lowest BCUT2D eigenvalue weighted by molar-refractivity contribution is 0.0684. The van der Waals surface area contributed by atoms with Crippen molar-refractivity contribution in [3.8, 4) is 11.1 Å². The molecule has 0 aliphatic heterocycles. The molecule has 0 saturated heterocycles. The van der Waals surface area contributed by atoms with E-state index in [2.05, 4.69) is 4.98 Å². The lowest BCUT2D eigenvalue weighted by Gasteiger charge is -2.09. The number of rotatable bonds is 4. The predicted octanol–water partition coefficient (Wildman–Crippen LogP) is 1.95. The Balaban J connectivity index is 2.21. The second-order valence-corrected chi connectivity index (χ2v) is 7.02. The van der Waals surface area contributed by atoms with Gasteiger partial charge in [-0.15, -0.1) is 0 Å². The van der Waals surface area contributed by atoms with Crippen molar-refractivity contribution in [1.82, 2.24) is 4.98 Å². The average molecular weight is 372 g/mol. The van der Waals surface area contributed by atoms with Crippen LogP contribution < -0.4 is 5.14 Å². The van der Waals surface area contributed by atoms with Crippen molar-refractivity contribution < 1.29 is 28.2 Å². The van der Waals surface area contributed by atoms with E-state index in [1.165, 1.54) is 48.7 Å². The van der Waals surface area contributed by atoms with E-state index in [1.54, 1.807) is 0 Å². The molecule has 8 nitrogen and oxygen atoms in total. The number of sulfonamides is 1. The molecule has 0 radical (unpaired) electrons. The molecule has 0 aliphatic carbocycles. The van der Waals surface area contributed by atoms with Crippen LogP contribution in [0.2, 0.25) is 0 Å². The number of aromatic nitrogens is 1. The van der Waals surface area contributed by atoms with Gasteiger partial charge >= 0.3 is 11.9 Å². The van der Waals surface area contributed by atoms with Crippen molar-refractivity contribution in [1.29, 1.82) is 0 Å². The Morgan fingerprint density at radius 1 is 0.885 bits per heavy atom. The minimum Gasteiger partial charge on any atom is -0.478 e. The maximum absolute atomic E-state index is 11.4. The number of hydrogen-bond donors (Lipinski definition) is 3. The van der Waals surface area contributed by atoms with Crippen molar-refractivity contribution in [2.45, 2.75) is 4.90 Å². The van der Waals surface area contributed by atoms with Crippen LogP contribution in [0.25, 0.3) is 22.0 Å². The first kappa shape index (κ1) is 17.5. The fourth-order valence-corrected chi connectivity index (χ4v) is 3.09. The summed E-state index contributed by atoms with van der Waals surface area (Å²) < 4.78 is 22.6. The van der Waals surface area contributed by atoms with Crippen molar-refractivity contribution in [2.75, 3.05) is 0 Å². The zero-order valence-corrected chi connectivity index (χ0v) is 13.9. The van der Waals surface area contributed by atoms with Gasteiger partial charge in [-0.05, 0) is 35.9 Å². The first-order chi connectivity index (χ1) is 12.2. The standard InChI is InChI=1S/C17H12N2O6S/c18-26(24,25)11-3-1-9(2-4-11)10-7-14-12(16(20)21)5-6-13(17(22)23)15(14)19-8-10/h1-8H,(H,20,21)(H,22,23)(H2,18,24,25). The van der Waals surface area contributed by atoms with E-state index < -0.39 is 22.0 Å². The Kier molecular flexibility index (Phi) is 4.18. The summed E-state index contributed by atoms with van der Waals surface area (Å²) in [5, 5.41) is 23.8. The molecule has 0 atom stereocenters. The van der Waals surface area contributed by atoms with Gasteiger partial charge in [0.1, 0.15) is 0 Å². The first-order valence-electron chi connectivity index (χ1n) is 7.21. The molecule has 0 saturated carbocycles. The van der Waals surface area contributed by atoms with E-state index in [-0.39, 0.29) is 26.9 Å². The first-order valence-corrected chi connectivity index (χ1v) is 8.75. The average Bonchev–Trinajstić information content (AvgIpc) is 2.59. The van der Waals surface area contributed by atoms with Crippen molar-refractivity contribution in [2.24, 2.45) is 5.14 Å². The molecular weight excluding hydrogens is 360 g/mol. The van der Waals surface area contributed by atoms with Gasteiger partial charge in [0.25, 0.3) is 0 Å². The Morgan fingerprint density at radius 3 is 2.00 bits per heavy atom. The topological polar surface area (TPSA) is 148 Å².